The van der Waals surface area contributed by atoms with Crippen molar-refractivity contribution in [3.8, 4) is 5.75 Å². The quantitative estimate of drug-likeness (QED) is 0.639. The summed E-state index contributed by atoms with van der Waals surface area (Å²) >= 11 is 0. The molecular formula is C20H16F3N3O2. The smallest absolute Gasteiger partial charge is 0.416 e. The van der Waals surface area contributed by atoms with Crippen LogP contribution < -0.4 is 15.4 Å². The first-order chi connectivity index (χ1) is 13.3. The van der Waals surface area contributed by atoms with Crippen LogP contribution >= 0.6 is 0 Å². The molecular weight excluding hydrogens is 371 g/mol. The molecule has 2 N–H and O–H groups in total. The van der Waals surface area contributed by atoms with E-state index in [-0.39, 0.29) is 5.91 Å². The Morgan fingerprint density at radius 3 is 2.36 bits per heavy atom. The summed E-state index contributed by atoms with van der Waals surface area (Å²) < 4.78 is 42.9. The average Bonchev–Trinajstić information content (AvgIpc) is 2.68. The Kier molecular flexibility index (Phi) is 5.49. The zero-order valence-electron chi connectivity index (χ0n) is 14.7. The first-order valence-corrected chi connectivity index (χ1v) is 8.21. The molecule has 0 aliphatic rings. The molecule has 0 saturated carbocycles. The number of ether oxygens (including phenoxy) is 1. The first kappa shape index (κ1) is 19.2. The topological polar surface area (TPSA) is 63.2 Å². The van der Waals surface area contributed by atoms with E-state index in [0.717, 1.165) is 12.1 Å². The molecule has 3 rings (SSSR count). The number of rotatable bonds is 5. The number of nitrogens with one attached hydrogen (secondary N) is 2. The third kappa shape index (κ3) is 4.79. The van der Waals surface area contributed by atoms with Crippen molar-refractivity contribution in [1.29, 1.82) is 0 Å². The lowest BCUT2D eigenvalue weighted by Gasteiger charge is -2.10. The number of nitrogens with zero attached hydrogens (tertiary/aromatic N) is 1. The third-order valence-electron chi connectivity index (χ3n) is 3.84. The van der Waals surface area contributed by atoms with E-state index in [0.29, 0.717) is 28.5 Å². The summed E-state index contributed by atoms with van der Waals surface area (Å²) in [6, 6.07) is 14.7. The average molecular weight is 387 g/mol. The minimum absolute atomic E-state index is 0.334. The summed E-state index contributed by atoms with van der Waals surface area (Å²) in [4.78, 5) is 16.4. The van der Waals surface area contributed by atoms with Gasteiger partial charge < -0.3 is 15.4 Å². The van der Waals surface area contributed by atoms with Crippen LogP contribution in [-0.4, -0.2) is 18.0 Å². The molecule has 0 fully saturated rings. The highest BCUT2D eigenvalue weighted by Gasteiger charge is 2.29. The van der Waals surface area contributed by atoms with Gasteiger partial charge in [-0.2, -0.15) is 13.2 Å². The molecule has 0 atom stereocenters. The number of hydrogen-bond donors (Lipinski definition) is 2. The number of hydrogen-bond acceptors (Lipinski definition) is 4. The second kappa shape index (κ2) is 7.99. The predicted molar refractivity (Wildman–Crippen MR) is 99.9 cm³/mol. The van der Waals surface area contributed by atoms with Gasteiger partial charge in [0.15, 0.2) is 0 Å². The molecule has 1 heterocycles. The van der Waals surface area contributed by atoms with Gasteiger partial charge in [0.1, 0.15) is 11.6 Å². The van der Waals surface area contributed by atoms with Crippen molar-refractivity contribution in [1.82, 2.24) is 4.98 Å². The fourth-order valence-corrected chi connectivity index (χ4v) is 2.40. The summed E-state index contributed by atoms with van der Waals surface area (Å²) in [5, 5.41) is 5.62. The van der Waals surface area contributed by atoms with Crippen LogP contribution in [0.15, 0.2) is 66.9 Å². The number of carbonyl (C=O) groups excluding carboxylic acids is 1. The van der Waals surface area contributed by atoms with Crippen LogP contribution in [-0.2, 0) is 6.18 Å². The Hall–Kier alpha value is -3.55. The monoisotopic (exact) mass is 387 g/mol. The molecule has 0 radical (unpaired) electrons. The number of alkyl halides is 3. The fraction of sp³-hybridized carbons (Fsp3) is 0.100. The second-order valence-electron chi connectivity index (χ2n) is 5.82. The van der Waals surface area contributed by atoms with Crippen molar-refractivity contribution < 1.29 is 22.7 Å². The Morgan fingerprint density at radius 1 is 1.00 bits per heavy atom. The van der Waals surface area contributed by atoms with Gasteiger partial charge in [0, 0.05) is 23.6 Å². The van der Waals surface area contributed by atoms with E-state index in [1.807, 2.05) is 0 Å². The van der Waals surface area contributed by atoms with Crippen molar-refractivity contribution in [2.45, 2.75) is 6.18 Å². The Balaban J connectivity index is 1.65. The Labute approximate surface area is 159 Å². The fourth-order valence-electron chi connectivity index (χ4n) is 2.40. The lowest BCUT2D eigenvalue weighted by atomic mass is 10.2. The number of aromatic nitrogens is 1. The number of amides is 1. The van der Waals surface area contributed by atoms with Gasteiger partial charge in [0.05, 0.1) is 18.2 Å². The molecule has 28 heavy (non-hydrogen) atoms. The van der Waals surface area contributed by atoms with Gasteiger partial charge in [-0.3, -0.25) is 4.79 Å². The van der Waals surface area contributed by atoms with E-state index >= 15 is 0 Å². The molecule has 5 nitrogen and oxygen atoms in total. The van der Waals surface area contributed by atoms with Gasteiger partial charge in [-0.1, -0.05) is 6.07 Å². The molecule has 0 saturated heterocycles. The van der Waals surface area contributed by atoms with E-state index in [2.05, 4.69) is 15.6 Å². The molecule has 8 heteroatoms. The van der Waals surface area contributed by atoms with E-state index in [1.54, 1.807) is 36.4 Å². The maximum Gasteiger partial charge on any atom is 0.416 e. The summed E-state index contributed by atoms with van der Waals surface area (Å²) in [6.07, 6.45) is -3.00. The van der Waals surface area contributed by atoms with Crippen molar-refractivity contribution >= 4 is 23.1 Å². The molecule has 1 amide bonds. The van der Waals surface area contributed by atoms with Crippen LogP contribution in [0, 0.1) is 0 Å². The largest absolute Gasteiger partial charge is 0.497 e. The molecule has 0 aliphatic carbocycles. The van der Waals surface area contributed by atoms with Crippen LogP contribution in [0.5, 0.6) is 5.75 Å². The number of benzene rings is 2. The van der Waals surface area contributed by atoms with E-state index in [1.165, 1.54) is 25.4 Å². The number of methoxy groups -OCH3 is 1. The van der Waals surface area contributed by atoms with Gasteiger partial charge in [-0.05, 0) is 48.5 Å². The molecule has 0 aliphatic heterocycles. The summed E-state index contributed by atoms with van der Waals surface area (Å²) in [5.74, 6) is 0.673. The molecule has 2 aromatic carbocycles. The lowest BCUT2D eigenvalue weighted by molar-refractivity contribution is -0.137. The van der Waals surface area contributed by atoms with Crippen molar-refractivity contribution in [3.63, 3.8) is 0 Å². The Morgan fingerprint density at radius 2 is 1.75 bits per heavy atom. The highest BCUT2D eigenvalue weighted by Crippen LogP contribution is 2.30. The standard InChI is InChI=1S/C20H16F3N3O2/c1-28-17-4-2-3-16(11-17)26-19(27)13-5-10-18(24-12-13)25-15-8-6-14(7-9-15)20(21,22)23/h2-12H,1H3,(H,24,25)(H,26,27). The SMILES string of the molecule is COc1cccc(NC(=O)c2ccc(Nc3ccc(C(F)(F)F)cc3)nc2)c1. The van der Waals surface area contributed by atoms with Crippen LogP contribution in [0.1, 0.15) is 15.9 Å². The summed E-state index contributed by atoms with van der Waals surface area (Å²) in [5.41, 5.74) is 0.641. The highest BCUT2D eigenvalue weighted by molar-refractivity contribution is 6.04. The van der Waals surface area contributed by atoms with Crippen LogP contribution in [0.4, 0.5) is 30.4 Å². The van der Waals surface area contributed by atoms with Crippen molar-refractivity contribution in [3.05, 3.63) is 78.0 Å². The summed E-state index contributed by atoms with van der Waals surface area (Å²) in [7, 11) is 1.53. The maximum absolute atomic E-state index is 12.6. The normalized spacial score (nSPS) is 11.0. The van der Waals surface area contributed by atoms with Crippen molar-refractivity contribution in [2.75, 3.05) is 17.7 Å². The lowest BCUT2D eigenvalue weighted by Crippen LogP contribution is -2.12. The number of halogens is 3. The van der Waals surface area contributed by atoms with Crippen LogP contribution in [0.25, 0.3) is 0 Å². The van der Waals surface area contributed by atoms with Gasteiger partial charge in [-0.15, -0.1) is 0 Å². The number of anilines is 3. The van der Waals surface area contributed by atoms with E-state index < -0.39 is 11.7 Å². The number of pyridine rings is 1. The van der Waals surface area contributed by atoms with E-state index in [9.17, 15) is 18.0 Å². The van der Waals surface area contributed by atoms with Crippen molar-refractivity contribution in [2.24, 2.45) is 0 Å². The van der Waals surface area contributed by atoms with E-state index in [4.69, 9.17) is 4.74 Å². The van der Waals surface area contributed by atoms with Gasteiger partial charge in [-0.25, -0.2) is 4.98 Å². The van der Waals surface area contributed by atoms with Gasteiger partial charge in [0.2, 0.25) is 0 Å². The number of carbonyl (C=O) groups is 1. The van der Waals surface area contributed by atoms with Gasteiger partial charge >= 0.3 is 6.18 Å². The molecule has 3 aromatic rings. The molecule has 0 bridgehead atoms. The zero-order chi connectivity index (χ0) is 20.1. The minimum Gasteiger partial charge on any atom is -0.497 e. The van der Waals surface area contributed by atoms with Gasteiger partial charge in [0.25, 0.3) is 5.91 Å². The summed E-state index contributed by atoms with van der Waals surface area (Å²) in [6.45, 7) is 0. The minimum atomic E-state index is -4.38. The van der Waals surface area contributed by atoms with Crippen LogP contribution in [0.2, 0.25) is 0 Å². The first-order valence-electron chi connectivity index (χ1n) is 8.21. The molecule has 0 unspecified atom stereocenters. The molecule has 144 valence electrons. The Bertz CT molecular complexity index is 956. The highest BCUT2D eigenvalue weighted by atomic mass is 19.4. The van der Waals surface area contributed by atoms with Crippen LogP contribution in [0.3, 0.4) is 0 Å². The molecule has 1 aromatic heterocycles. The zero-order valence-corrected chi connectivity index (χ0v) is 14.7. The molecule has 0 spiro atoms. The predicted octanol–water partition coefficient (Wildman–Crippen LogP) is 5.10. The second-order valence-corrected chi connectivity index (χ2v) is 5.82. The maximum atomic E-state index is 12.6. The third-order valence-corrected chi connectivity index (χ3v) is 3.84.